The number of carbonyl (C=O) groups excluding carboxylic acids is 1. The number of amides is 1. The average molecular weight is 400 g/mol. The topological polar surface area (TPSA) is 60.0 Å². The number of hydrogen-bond acceptors (Lipinski definition) is 3. The second-order valence-corrected chi connectivity index (χ2v) is 8.23. The third kappa shape index (κ3) is 6.74. The Morgan fingerprint density at radius 1 is 1.14 bits per heavy atom. The van der Waals surface area contributed by atoms with Crippen molar-refractivity contribution >= 4 is 11.9 Å². The number of likely N-dealkylation sites (tertiary alicyclic amines) is 2. The molecule has 29 heavy (non-hydrogen) atoms. The zero-order chi connectivity index (χ0) is 20.5. The van der Waals surface area contributed by atoms with Crippen molar-refractivity contribution in [2.75, 3.05) is 45.8 Å². The van der Waals surface area contributed by atoms with Crippen molar-refractivity contribution in [3.8, 4) is 0 Å². The molecule has 6 nitrogen and oxygen atoms in total. The van der Waals surface area contributed by atoms with E-state index in [1.165, 1.54) is 18.5 Å². The molecule has 3 rings (SSSR count). The summed E-state index contributed by atoms with van der Waals surface area (Å²) in [4.78, 5) is 21.3. The smallest absolute Gasteiger partial charge is 0.222 e. The molecule has 2 aliphatic heterocycles. The van der Waals surface area contributed by atoms with Gasteiger partial charge in [0, 0.05) is 51.7 Å². The minimum Gasteiger partial charge on any atom is -0.357 e. The van der Waals surface area contributed by atoms with Crippen molar-refractivity contribution in [3.05, 3.63) is 35.9 Å². The van der Waals surface area contributed by atoms with Crippen molar-refractivity contribution in [2.24, 2.45) is 10.9 Å². The Morgan fingerprint density at radius 3 is 2.72 bits per heavy atom. The van der Waals surface area contributed by atoms with Gasteiger partial charge in [-0.05, 0) is 44.2 Å². The summed E-state index contributed by atoms with van der Waals surface area (Å²) in [5.41, 5.74) is 1.42. The lowest BCUT2D eigenvalue weighted by Gasteiger charge is -2.19. The predicted molar refractivity (Wildman–Crippen MR) is 119 cm³/mol. The quantitative estimate of drug-likeness (QED) is 0.519. The molecule has 2 saturated heterocycles. The van der Waals surface area contributed by atoms with Crippen LogP contribution in [0.15, 0.2) is 35.3 Å². The molecule has 2 unspecified atom stereocenters. The number of guanidine groups is 1. The van der Waals surface area contributed by atoms with E-state index >= 15 is 0 Å². The standard InChI is InChI=1S/C23H37N5O/c1-3-22(29)28-15-12-21(18-28)26-23(24-4-2)25-16-20-11-14-27(17-20)13-10-19-8-6-5-7-9-19/h5-9,20-21H,3-4,10-18H2,1-2H3,(H2,24,25,26). The molecule has 2 fully saturated rings. The first-order valence-corrected chi connectivity index (χ1v) is 11.3. The second kappa shape index (κ2) is 11.2. The highest BCUT2D eigenvalue weighted by Crippen LogP contribution is 2.17. The van der Waals surface area contributed by atoms with E-state index in [2.05, 4.69) is 52.8 Å². The normalized spacial score (nSPS) is 22.8. The van der Waals surface area contributed by atoms with Crippen molar-refractivity contribution in [2.45, 2.75) is 45.6 Å². The van der Waals surface area contributed by atoms with Crippen molar-refractivity contribution < 1.29 is 4.79 Å². The molecule has 1 aromatic carbocycles. The highest BCUT2D eigenvalue weighted by molar-refractivity contribution is 5.80. The van der Waals surface area contributed by atoms with E-state index in [0.29, 0.717) is 18.4 Å². The molecule has 2 heterocycles. The van der Waals surface area contributed by atoms with Crippen LogP contribution in [0, 0.1) is 5.92 Å². The number of carbonyl (C=O) groups is 1. The summed E-state index contributed by atoms with van der Waals surface area (Å²) in [7, 11) is 0. The third-order valence-electron chi connectivity index (χ3n) is 5.97. The van der Waals surface area contributed by atoms with Gasteiger partial charge in [0.05, 0.1) is 0 Å². The molecule has 0 aliphatic carbocycles. The maximum atomic E-state index is 11.9. The fourth-order valence-electron chi connectivity index (χ4n) is 4.26. The van der Waals surface area contributed by atoms with Crippen LogP contribution in [0.1, 0.15) is 38.7 Å². The van der Waals surface area contributed by atoms with Crippen molar-refractivity contribution in [3.63, 3.8) is 0 Å². The van der Waals surface area contributed by atoms with Gasteiger partial charge in [-0.3, -0.25) is 9.79 Å². The number of benzene rings is 1. The molecule has 0 aromatic heterocycles. The van der Waals surface area contributed by atoms with E-state index in [-0.39, 0.29) is 5.91 Å². The highest BCUT2D eigenvalue weighted by Gasteiger charge is 2.26. The summed E-state index contributed by atoms with van der Waals surface area (Å²) in [6, 6.07) is 11.0. The lowest BCUT2D eigenvalue weighted by Crippen LogP contribution is -2.45. The average Bonchev–Trinajstić information content (AvgIpc) is 3.40. The zero-order valence-corrected chi connectivity index (χ0v) is 18.1. The predicted octanol–water partition coefficient (Wildman–Crippen LogP) is 2.12. The van der Waals surface area contributed by atoms with E-state index in [0.717, 1.165) is 58.1 Å². The highest BCUT2D eigenvalue weighted by atomic mass is 16.2. The van der Waals surface area contributed by atoms with Crippen LogP contribution in [-0.4, -0.2) is 73.5 Å². The third-order valence-corrected chi connectivity index (χ3v) is 5.97. The molecule has 0 bridgehead atoms. The molecule has 2 atom stereocenters. The van der Waals surface area contributed by atoms with Gasteiger partial charge in [0.15, 0.2) is 5.96 Å². The van der Waals surface area contributed by atoms with Crippen molar-refractivity contribution in [1.29, 1.82) is 0 Å². The second-order valence-electron chi connectivity index (χ2n) is 8.23. The Balaban J connectivity index is 1.42. The fourth-order valence-corrected chi connectivity index (χ4v) is 4.26. The van der Waals surface area contributed by atoms with Crippen LogP contribution >= 0.6 is 0 Å². The molecule has 0 spiro atoms. The Morgan fingerprint density at radius 2 is 1.97 bits per heavy atom. The van der Waals surface area contributed by atoms with Gasteiger partial charge in [0.1, 0.15) is 0 Å². The Kier molecular flexibility index (Phi) is 8.35. The number of hydrogen-bond donors (Lipinski definition) is 2. The molecule has 6 heteroatoms. The van der Waals surface area contributed by atoms with Crippen LogP contribution in [-0.2, 0) is 11.2 Å². The van der Waals surface area contributed by atoms with Crippen LogP contribution in [0.4, 0.5) is 0 Å². The summed E-state index contributed by atoms with van der Waals surface area (Å²) in [5, 5.41) is 6.91. The molecule has 2 N–H and O–H groups in total. The summed E-state index contributed by atoms with van der Waals surface area (Å²) in [5.74, 6) is 1.77. The molecular weight excluding hydrogens is 362 g/mol. The largest absolute Gasteiger partial charge is 0.357 e. The molecule has 160 valence electrons. The summed E-state index contributed by atoms with van der Waals surface area (Å²) in [6.07, 6.45) is 3.92. The van der Waals surface area contributed by atoms with Crippen LogP contribution < -0.4 is 10.6 Å². The minimum atomic E-state index is 0.248. The number of aliphatic imine (C=N–C) groups is 1. The van der Waals surface area contributed by atoms with Crippen LogP contribution in [0.2, 0.25) is 0 Å². The zero-order valence-electron chi connectivity index (χ0n) is 18.1. The molecular formula is C23H37N5O. The van der Waals surface area contributed by atoms with E-state index in [9.17, 15) is 4.79 Å². The number of nitrogens with zero attached hydrogens (tertiary/aromatic N) is 3. The van der Waals surface area contributed by atoms with Gasteiger partial charge < -0.3 is 20.4 Å². The van der Waals surface area contributed by atoms with E-state index in [4.69, 9.17) is 4.99 Å². The summed E-state index contributed by atoms with van der Waals surface area (Å²) >= 11 is 0. The maximum absolute atomic E-state index is 11.9. The van der Waals surface area contributed by atoms with Crippen molar-refractivity contribution in [1.82, 2.24) is 20.4 Å². The van der Waals surface area contributed by atoms with E-state index in [1.807, 2.05) is 11.8 Å². The molecule has 0 radical (unpaired) electrons. The first-order chi connectivity index (χ1) is 14.2. The Labute approximate surface area is 175 Å². The first-order valence-electron chi connectivity index (χ1n) is 11.3. The molecule has 1 aromatic rings. The van der Waals surface area contributed by atoms with Crippen LogP contribution in [0.5, 0.6) is 0 Å². The van der Waals surface area contributed by atoms with E-state index < -0.39 is 0 Å². The maximum Gasteiger partial charge on any atom is 0.222 e. The monoisotopic (exact) mass is 399 g/mol. The molecule has 1 amide bonds. The lowest BCUT2D eigenvalue weighted by molar-refractivity contribution is -0.129. The van der Waals surface area contributed by atoms with Gasteiger partial charge >= 0.3 is 0 Å². The summed E-state index contributed by atoms with van der Waals surface area (Å²) in [6.45, 7) is 10.8. The van der Waals surface area contributed by atoms with Gasteiger partial charge in [0.2, 0.25) is 5.91 Å². The number of rotatable bonds is 8. The first kappa shape index (κ1) is 21.6. The Bertz CT molecular complexity index is 662. The summed E-state index contributed by atoms with van der Waals surface area (Å²) < 4.78 is 0. The van der Waals surface area contributed by atoms with Gasteiger partial charge in [-0.1, -0.05) is 37.3 Å². The van der Waals surface area contributed by atoms with E-state index in [1.54, 1.807) is 0 Å². The van der Waals surface area contributed by atoms with Gasteiger partial charge in [0.25, 0.3) is 0 Å². The van der Waals surface area contributed by atoms with Gasteiger partial charge in [-0.2, -0.15) is 0 Å². The van der Waals surface area contributed by atoms with Gasteiger partial charge in [-0.15, -0.1) is 0 Å². The molecule has 0 saturated carbocycles. The SMILES string of the molecule is CCNC(=NCC1CCN(CCc2ccccc2)C1)NC1CCN(C(=O)CC)C1. The fraction of sp³-hybridized carbons (Fsp3) is 0.652. The van der Waals surface area contributed by atoms with Crippen LogP contribution in [0.25, 0.3) is 0 Å². The number of nitrogens with one attached hydrogen (secondary N) is 2. The molecule has 2 aliphatic rings. The minimum absolute atomic E-state index is 0.248. The Hall–Kier alpha value is -2.08. The van der Waals surface area contributed by atoms with Crippen LogP contribution in [0.3, 0.4) is 0 Å². The van der Waals surface area contributed by atoms with Gasteiger partial charge in [-0.25, -0.2) is 0 Å². The lowest BCUT2D eigenvalue weighted by atomic mass is 10.1.